The summed E-state index contributed by atoms with van der Waals surface area (Å²) in [7, 11) is 2.00. The Hall–Kier alpha value is -0.470. The monoisotopic (exact) mass is 209 g/mol. The molecule has 1 unspecified atom stereocenters. The molecule has 0 aliphatic rings. The van der Waals surface area contributed by atoms with Crippen LogP contribution in [0.25, 0.3) is 0 Å². The van der Waals surface area contributed by atoms with Gasteiger partial charge >= 0.3 is 0 Å². The normalized spacial score (nSPS) is 12.8. The van der Waals surface area contributed by atoms with Gasteiger partial charge in [0.2, 0.25) is 0 Å². The van der Waals surface area contributed by atoms with Gasteiger partial charge in [-0.3, -0.25) is 0 Å². The fourth-order valence-corrected chi connectivity index (χ4v) is 2.42. The lowest BCUT2D eigenvalue weighted by Crippen LogP contribution is -2.18. The standard InChI is InChI=1S/C12H19NS/c1-10-6-4-5-7-12(10)9-14-11(2)8-13-3/h4-7,11,13H,8-9H2,1-3H3. The van der Waals surface area contributed by atoms with E-state index in [-0.39, 0.29) is 0 Å². The summed E-state index contributed by atoms with van der Waals surface area (Å²) >= 11 is 2.01. The first-order valence-electron chi connectivity index (χ1n) is 5.04. The molecule has 1 aromatic carbocycles. The predicted molar refractivity (Wildman–Crippen MR) is 65.9 cm³/mol. The molecule has 0 saturated heterocycles. The van der Waals surface area contributed by atoms with Crippen LogP contribution in [0.1, 0.15) is 18.1 Å². The molecule has 0 amide bonds. The summed E-state index contributed by atoms with van der Waals surface area (Å²) in [5.74, 6) is 1.12. The Labute approximate surface area is 91.3 Å². The van der Waals surface area contributed by atoms with Gasteiger partial charge in [-0.25, -0.2) is 0 Å². The Bertz CT molecular complexity index is 273. The lowest BCUT2D eigenvalue weighted by molar-refractivity contribution is 0.785. The molecule has 14 heavy (non-hydrogen) atoms. The molecule has 0 spiro atoms. The summed E-state index contributed by atoms with van der Waals surface area (Å²) in [5.41, 5.74) is 2.86. The van der Waals surface area contributed by atoms with Crippen molar-refractivity contribution < 1.29 is 0 Å². The van der Waals surface area contributed by atoms with Crippen LogP contribution in [0.3, 0.4) is 0 Å². The molecule has 0 bridgehead atoms. The van der Waals surface area contributed by atoms with Crippen molar-refractivity contribution in [3.05, 3.63) is 35.4 Å². The van der Waals surface area contributed by atoms with Gasteiger partial charge < -0.3 is 5.32 Å². The summed E-state index contributed by atoms with van der Waals surface area (Å²) < 4.78 is 0. The molecule has 78 valence electrons. The number of benzene rings is 1. The van der Waals surface area contributed by atoms with Crippen molar-refractivity contribution in [3.63, 3.8) is 0 Å². The molecule has 1 atom stereocenters. The van der Waals surface area contributed by atoms with Gasteiger partial charge in [-0.2, -0.15) is 11.8 Å². The average Bonchev–Trinajstić information content (AvgIpc) is 2.17. The Balaban J connectivity index is 2.41. The zero-order valence-electron chi connectivity index (χ0n) is 9.21. The molecule has 0 aliphatic heterocycles. The second-order valence-corrected chi connectivity index (χ2v) is 5.03. The maximum atomic E-state index is 3.20. The van der Waals surface area contributed by atoms with Crippen molar-refractivity contribution in [1.82, 2.24) is 5.32 Å². The van der Waals surface area contributed by atoms with E-state index in [1.54, 1.807) is 0 Å². The zero-order chi connectivity index (χ0) is 10.4. The van der Waals surface area contributed by atoms with Gasteiger partial charge in [0.05, 0.1) is 0 Å². The summed E-state index contributed by atoms with van der Waals surface area (Å²) in [6.07, 6.45) is 0. The Morgan fingerprint density at radius 3 is 2.71 bits per heavy atom. The third kappa shape index (κ3) is 3.72. The van der Waals surface area contributed by atoms with Gasteiger partial charge in [-0.1, -0.05) is 31.2 Å². The van der Waals surface area contributed by atoms with Crippen LogP contribution in [0, 0.1) is 6.92 Å². The largest absolute Gasteiger partial charge is 0.319 e. The van der Waals surface area contributed by atoms with Crippen LogP contribution >= 0.6 is 11.8 Å². The molecule has 1 rings (SSSR count). The van der Waals surface area contributed by atoms with Crippen molar-refractivity contribution in [2.75, 3.05) is 13.6 Å². The summed E-state index contributed by atoms with van der Waals surface area (Å²) in [6, 6.07) is 8.61. The highest BCUT2D eigenvalue weighted by atomic mass is 32.2. The molecule has 0 fully saturated rings. The minimum Gasteiger partial charge on any atom is -0.319 e. The van der Waals surface area contributed by atoms with E-state index in [1.807, 2.05) is 18.8 Å². The Kier molecular flexibility index (Phi) is 5.05. The van der Waals surface area contributed by atoms with E-state index < -0.39 is 0 Å². The van der Waals surface area contributed by atoms with E-state index in [0.29, 0.717) is 5.25 Å². The SMILES string of the molecule is CNCC(C)SCc1ccccc1C. The first-order chi connectivity index (χ1) is 6.74. The zero-order valence-corrected chi connectivity index (χ0v) is 10.0. The highest BCUT2D eigenvalue weighted by Gasteiger charge is 2.02. The van der Waals surface area contributed by atoms with Crippen LogP contribution in [-0.2, 0) is 5.75 Å². The molecule has 1 N–H and O–H groups in total. The van der Waals surface area contributed by atoms with E-state index in [0.717, 1.165) is 12.3 Å². The number of hydrogen-bond acceptors (Lipinski definition) is 2. The lowest BCUT2D eigenvalue weighted by Gasteiger charge is -2.11. The molecule has 1 nitrogen and oxygen atoms in total. The van der Waals surface area contributed by atoms with Gasteiger partial charge in [0.15, 0.2) is 0 Å². The molecule has 0 heterocycles. The molecule has 1 aromatic rings. The molecule has 0 aromatic heterocycles. The molecule has 0 saturated carbocycles. The van der Waals surface area contributed by atoms with E-state index in [1.165, 1.54) is 11.1 Å². The first kappa shape index (κ1) is 11.6. The average molecular weight is 209 g/mol. The molecular weight excluding hydrogens is 190 g/mol. The van der Waals surface area contributed by atoms with Crippen molar-refractivity contribution >= 4 is 11.8 Å². The third-order valence-corrected chi connectivity index (χ3v) is 3.49. The third-order valence-electron chi connectivity index (χ3n) is 2.28. The number of hydrogen-bond donors (Lipinski definition) is 1. The van der Waals surface area contributed by atoms with Crippen LogP contribution in [0.4, 0.5) is 0 Å². The van der Waals surface area contributed by atoms with Crippen LogP contribution in [0.2, 0.25) is 0 Å². The first-order valence-corrected chi connectivity index (χ1v) is 6.09. The number of aryl methyl sites for hydroxylation is 1. The van der Waals surface area contributed by atoms with E-state index in [9.17, 15) is 0 Å². The van der Waals surface area contributed by atoms with Gasteiger partial charge in [0.25, 0.3) is 0 Å². The lowest BCUT2D eigenvalue weighted by atomic mass is 10.1. The van der Waals surface area contributed by atoms with E-state index >= 15 is 0 Å². The molecule has 0 aliphatic carbocycles. The quantitative estimate of drug-likeness (QED) is 0.800. The second-order valence-electron chi connectivity index (χ2n) is 3.61. The van der Waals surface area contributed by atoms with Crippen molar-refractivity contribution in [2.45, 2.75) is 24.9 Å². The van der Waals surface area contributed by atoms with Crippen molar-refractivity contribution in [1.29, 1.82) is 0 Å². The summed E-state index contributed by atoms with van der Waals surface area (Å²) in [6.45, 7) is 5.52. The predicted octanol–water partition coefficient (Wildman–Crippen LogP) is 2.84. The van der Waals surface area contributed by atoms with E-state index in [2.05, 4.69) is 43.4 Å². The highest BCUT2D eigenvalue weighted by Crippen LogP contribution is 2.19. The van der Waals surface area contributed by atoms with Crippen LogP contribution in [0.15, 0.2) is 24.3 Å². The summed E-state index contributed by atoms with van der Waals surface area (Å²) in [5, 5.41) is 3.88. The number of nitrogens with one attached hydrogen (secondary N) is 1. The van der Waals surface area contributed by atoms with Gasteiger partial charge in [0.1, 0.15) is 0 Å². The molecule has 2 heteroatoms. The fraction of sp³-hybridized carbons (Fsp3) is 0.500. The summed E-state index contributed by atoms with van der Waals surface area (Å²) in [4.78, 5) is 0. The second kappa shape index (κ2) is 6.10. The molecule has 0 radical (unpaired) electrons. The minimum absolute atomic E-state index is 0.680. The van der Waals surface area contributed by atoms with Gasteiger partial charge in [0, 0.05) is 17.5 Å². The smallest absolute Gasteiger partial charge is 0.0190 e. The van der Waals surface area contributed by atoms with E-state index in [4.69, 9.17) is 0 Å². The Morgan fingerprint density at radius 2 is 2.07 bits per heavy atom. The van der Waals surface area contributed by atoms with Gasteiger partial charge in [-0.15, -0.1) is 0 Å². The topological polar surface area (TPSA) is 12.0 Å². The Morgan fingerprint density at radius 1 is 1.36 bits per heavy atom. The van der Waals surface area contributed by atoms with Crippen molar-refractivity contribution in [3.8, 4) is 0 Å². The minimum atomic E-state index is 0.680. The van der Waals surface area contributed by atoms with Crippen LogP contribution < -0.4 is 5.32 Å². The molecular formula is C12H19NS. The maximum Gasteiger partial charge on any atom is 0.0190 e. The maximum absolute atomic E-state index is 3.20. The fourth-order valence-electron chi connectivity index (χ4n) is 1.35. The van der Waals surface area contributed by atoms with Crippen LogP contribution in [-0.4, -0.2) is 18.8 Å². The van der Waals surface area contributed by atoms with Crippen LogP contribution in [0.5, 0.6) is 0 Å². The van der Waals surface area contributed by atoms with Crippen molar-refractivity contribution in [2.24, 2.45) is 0 Å². The number of thioether (sulfide) groups is 1. The number of rotatable bonds is 5. The van der Waals surface area contributed by atoms with Gasteiger partial charge in [-0.05, 0) is 25.1 Å². The highest BCUT2D eigenvalue weighted by molar-refractivity contribution is 7.99.